The van der Waals surface area contributed by atoms with Crippen LogP contribution >= 0.6 is 22.9 Å². The highest BCUT2D eigenvalue weighted by Crippen LogP contribution is 2.12. The first-order valence-corrected chi connectivity index (χ1v) is 5.99. The lowest BCUT2D eigenvalue weighted by molar-refractivity contribution is 0.0951. The number of nitrogens with one attached hydrogen (secondary N) is 1. The number of thiazole rings is 1. The Bertz CT molecular complexity index is 509. The fourth-order valence-electron chi connectivity index (χ4n) is 1.25. The van der Waals surface area contributed by atoms with Crippen LogP contribution in [0.5, 0.6) is 0 Å². The summed E-state index contributed by atoms with van der Waals surface area (Å²) in [5.74, 6) is -0.0187. The average Bonchev–Trinajstić information content (AvgIpc) is 2.77. The first-order valence-electron chi connectivity index (χ1n) is 4.74. The molecule has 88 valence electrons. The van der Waals surface area contributed by atoms with Gasteiger partial charge in [-0.05, 0) is 12.1 Å². The van der Waals surface area contributed by atoms with Gasteiger partial charge in [0.15, 0.2) is 0 Å². The number of carbonyl (C=O) groups excluding carboxylic acids is 1. The van der Waals surface area contributed by atoms with Crippen LogP contribution in [0.1, 0.15) is 15.2 Å². The largest absolute Gasteiger partial charge is 0.384 e. The van der Waals surface area contributed by atoms with Crippen molar-refractivity contribution in [3.63, 3.8) is 0 Å². The molecule has 3 N–H and O–H groups in total. The molecule has 0 atom stereocenters. The number of hydrogen-bond acceptors (Lipinski definition) is 5. The van der Waals surface area contributed by atoms with Crippen LogP contribution in [0.3, 0.4) is 0 Å². The number of carbonyl (C=O) groups is 1. The molecule has 2 aromatic rings. The predicted molar refractivity (Wildman–Crippen MR) is 66.9 cm³/mol. The van der Waals surface area contributed by atoms with Gasteiger partial charge in [-0.25, -0.2) is 4.98 Å². The van der Waals surface area contributed by atoms with Crippen molar-refractivity contribution in [2.45, 2.75) is 6.54 Å². The maximum atomic E-state index is 11.8. The Labute approximate surface area is 107 Å². The van der Waals surface area contributed by atoms with Crippen molar-refractivity contribution >= 4 is 34.7 Å². The summed E-state index contributed by atoms with van der Waals surface area (Å²) in [6.07, 6.45) is 1.71. The molecule has 0 bridgehead atoms. The second-order valence-electron chi connectivity index (χ2n) is 3.25. The number of halogens is 1. The number of pyridine rings is 1. The van der Waals surface area contributed by atoms with E-state index in [4.69, 9.17) is 17.3 Å². The van der Waals surface area contributed by atoms with Crippen LogP contribution in [-0.4, -0.2) is 15.9 Å². The molecule has 0 aliphatic rings. The Hall–Kier alpha value is -1.66. The van der Waals surface area contributed by atoms with Crippen LogP contribution in [0.25, 0.3) is 0 Å². The third-order valence-corrected chi connectivity index (χ3v) is 2.96. The van der Waals surface area contributed by atoms with Crippen LogP contribution in [0.4, 0.5) is 5.82 Å². The number of aromatic nitrogens is 2. The molecule has 1 amide bonds. The van der Waals surface area contributed by atoms with Gasteiger partial charge in [0, 0.05) is 16.6 Å². The van der Waals surface area contributed by atoms with Crippen LogP contribution in [0.15, 0.2) is 23.8 Å². The van der Waals surface area contributed by atoms with E-state index in [1.165, 1.54) is 23.5 Å². The average molecular weight is 269 g/mol. The molecule has 5 nitrogen and oxygen atoms in total. The van der Waals surface area contributed by atoms with E-state index < -0.39 is 0 Å². The van der Waals surface area contributed by atoms with Crippen LogP contribution in [0.2, 0.25) is 5.15 Å². The summed E-state index contributed by atoms with van der Waals surface area (Å²) in [6, 6.07) is 2.95. The predicted octanol–water partition coefficient (Wildman–Crippen LogP) is 1.70. The maximum absolute atomic E-state index is 11.8. The number of nitrogen functional groups attached to an aromatic ring is 1. The SMILES string of the molecule is Nc1cc(C(=O)NCc2cncs2)cc(Cl)n1. The highest BCUT2D eigenvalue weighted by molar-refractivity contribution is 7.09. The molecular weight excluding hydrogens is 260 g/mol. The second-order valence-corrected chi connectivity index (χ2v) is 4.61. The Morgan fingerprint density at radius 3 is 3.00 bits per heavy atom. The van der Waals surface area contributed by atoms with E-state index in [0.29, 0.717) is 12.1 Å². The zero-order chi connectivity index (χ0) is 12.3. The zero-order valence-corrected chi connectivity index (χ0v) is 10.3. The minimum absolute atomic E-state index is 0.202. The summed E-state index contributed by atoms with van der Waals surface area (Å²) in [6.45, 7) is 0.434. The van der Waals surface area contributed by atoms with E-state index in [0.717, 1.165) is 4.88 Å². The molecule has 0 radical (unpaired) electrons. The molecular formula is C10H9ClN4OS. The highest BCUT2D eigenvalue weighted by atomic mass is 35.5. The standard InChI is InChI=1S/C10H9ClN4OS/c11-8-1-6(2-9(12)15-8)10(16)14-4-7-3-13-5-17-7/h1-3,5H,4H2,(H2,12,15)(H,14,16). The first kappa shape index (κ1) is 11.8. The van der Waals surface area contributed by atoms with E-state index in [1.54, 1.807) is 11.7 Å². The third kappa shape index (κ3) is 3.15. The molecule has 7 heteroatoms. The summed E-state index contributed by atoms with van der Waals surface area (Å²) in [5.41, 5.74) is 7.61. The lowest BCUT2D eigenvalue weighted by atomic mass is 10.2. The first-order chi connectivity index (χ1) is 8.15. The van der Waals surface area contributed by atoms with Crippen LogP contribution in [-0.2, 0) is 6.54 Å². The van der Waals surface area contributed by atoms with Crippen molar-refractivity contribution in [1.29, 1.82) is 0 Å². The van der Waals surface area contributed by atoms with Crippen LogP contribution in [0, 0.1) is 0 Å². The minimum Gasteiger partial charge on any atom is -0.384 e. The molecule has 2 rings (SSSR count). The van der Waals surface area contributed by atoms with Gasteiger partial charge in [0.05, 0.1) is 12.1 Å². The molecule has 0 aromatic carbocycles. The molecule has 0 unspecified atom stereocenters. The fourth-order valence-corrected chi connectivity index (χ4v) is 2.00. The van der Waals surface area contributed by atoms with Crippen molar-refractivity contribution in [2.75, 3.05) is 5.73 Å². The van der Waals surface area contributed by atoms with E-state index >= 15 is 0 Å². The van der Waals surface area contributed by atoms with Gasteiger partial charge in [0.1, 0.15) is 11.0 Å². The van der Waals surface area contributed by atoms with Gasteiger partial charge in [0.25, 0.3) is 5.91 Å². The van der Waals surface area contributed by atoms with E-state index in [1.807, 2.05) is 0 Å². The van der Waals surface area contributed by atoms with E-state index in [-0.39, 0.29) is 16.9 Å². The number of nitrogens with two attached hydrogens (primary N) is 1. The quantitative estimate of drug-likeness (QED) is 0.831. The Morgan fingerprint density at radius 1 is 1.53 bits per heavy atom. The molecule has 17 heavy (non-hydrogen) atoms. The lowest BCUT2D eigenvalue weighted by Gasteiger charge is -2.04. The molecule has 2 aromatic heterocycles. The van der Waals surface area contributed by atoms with Gasteiger partial charge in [0.2, 0.25) is 0 Å². The molecule has 2 heterocycles. The molecule has 0 aliphatic heterocycles. The van der Waals surface area contributed by atoms with Crippen molar-refractivity contribution < 1.29 is 4.79 Å². The Balaban J connectivity index is 2.04. The molecule has 0 aliphatic carbocycles. The van der Waals surface area contributed by atoms with Crippen molar-refractivity contribution in [2.24, 2.45) is 0 Å². The zero-order valence-electron chi connectivity index (χ0n) is 8.68. The number of amides is 1. The highest BCUT2D eigenvalue weighted by Gasteiger charge is 2.08. The number of rotatable bonds is 3. The molecule has 0 fully saturated rings. The number of hydrogen-bond donors (Lipinski definition) is 2. The topological polar surface area (TPSA) is 80.9 Å². The van der Waals surface area contributed by atoms with Crippen LogP contribution < -0.4 is 11.1 Å². The number of anilines is 1. The minimum atomic E-state index is -0.241. The fraction of sp³-hybridized carbons (Fsp3) is 0.100. The molecule has 0 spiro atoms. The monoisotopic (exact) mass is 268 g/mol. The normalized spacial score (nSPS) is 10.2. The summed E-state index contributed by atoms with van der Waals surface area (Å²) in [5, 5.41) is 2.95. The Morgan fingerprint density at radius 2 is 2.35 bits per heavy atom. The number of nitrogens with zero attached hydrogens (tertiary/aromatic N) is 2. The van der Waals surface area contributed by atoms with Gasteiger partial charge >= 0.3 is 0 Å². The maximum Gasteiger partial charge on any atom is 0.251 e. The molecule has 0 saturated heterocycles. The van der Waals surface area contributed by atoms with Gasteiger partial charge in [-0.1, -0.05) is 11.6 Å². The van der Waals surface area contributed by atoms with E-state index in [9.17, 15) is 4.79 Å². The van der Waals surface area contributed by atoms with Gasteiger partial charge in [-0.3, -0.25) is 9.78 Å². The molecule has 0 saturated carbocycles. The summed E-state index contributed by atoms with van der Waals surface area (Å²) < 4.78 is 0. The lowest BCUT2D eigenvalue weighted by Crippen LogP contribution is -2.22. The van der Waals surface area contributed by atoms with Crippen molar-refractivity contribution in [3.05, 3.63) is 39.4 Å². The van der Waals surface area contributed by atoms with Gasteiger partial charge < -0.3 is 11.1 Å². The summed E-state index contributed by atoms with van der Waals surface area (Å²) in [7, 11) is 0. The summed E-state index contributed by atoms with van der Waals surface area (Å²) in [4.78, 5) is 20.5. The summed E-state index contributed by atoms with van der Waals surface area (Å²) >= 11 is 7.19. The van der Waals surface area contributed by atoms with Gasteiger partial charge in [-0.2, -0.15) is 0 Å². The van der Waals surface area contributed by atoms with E-state index in [2.05, 4.69) is 15.3 Å². The Kier molecular flexibility index (Phi) is 3.55. The third-order valence-electron chi connectivity index (χ3n) is 1.98. The second kappa shape index (κ2) is 5.11. The van der Waals surface area contributed by atoms with Crippen molar-refractivity contribution in [3.8, 4) is 0 Å². The smallest absolute Gasteiger partial charge is 0.251 e. The van der Waals surface area contributed by atoms with Crippen molar-refractivity contribution in [1.82, 2.24) is 15.3 Å². The van der Waals surface area contributed by atoms with Gasteiger partial charge in [-0.15, -0.1) is 11.3 Å².